The molecule has 0 aromatic carbocycles. The lowest BCUT2D eigenvalue weighted by Crippen LogP contribution is -2.01. The van der Waals surface area contributed by atoms with Gasteiger partial charge in [-0.25, -0.2) is 0 Å². The van der Waals surface area contributed by atoms with Crippen molar-refractivity contribution in [2.24, 2.45) is 0 Å². The number of pyridine rings is 1. The molecule has 11 heavy (non-hydrogen) atoms. The summed E-state index contributed by atoms with van der Waals surface area (Å²) in [6.07, 6.45) is 5.10. The van der Waals surface area contributed by atoms with Gasteiger partial charge in [0.2, 0.25) is 0 Å². The fraction of sp³-hybridized carbons (Fsp3) is 0.444. The maximum atomic E-state index is 9.00. The summed E-state index contributed by atoms with van der Waals surface area (Å²) >= 11 is 0. The van der Waals surface area contributed by atoms with Crippen molar-refractivity contribution in [1.82, 2.24) is 4.98 Å². The van der Waals surface area contributed by atoms with E-state index in [2.05, 4.69) is 4.98 Å². The van der Waals surface area contributed by atoms with E-state index in [-0.39, 0.29) is 6.10 Å². The minimum absolute atomic E-state index is 0.205. The average Bonchev–Trinajstić information content (AvgIpc) is 2.03. The van der Waals surface area contributed by atoms with Gasteiger partial charge in [0.25, 0.3) is 0 Å². The predicted octanol–water partition coefficient (Wildman–Crippen LogP) is 1.40. The molecule has 0 aliphatic carbocycles. The van der Waals surface area contributed by atoms with Crippen molar-refractivity contribution < 1.29 is 5.11 Å². The van der Waals surface area contributed by atoms with Gasteiger partial charge >= 0.3 is 0 Å². The molecule has 60 valence electrons. The second kappa shape index (κ2) is 4.09. The maximum Gasteiger partial charge on any atom is 0.0515 e. The highest BCUT2D eigenvalue weighted by Gasteiger charge is 1.96. The van der Waals surface area contributed by atoms with Gasteiger partial charge < -0.3 is 5.11 Å². The van der Waals surface area contributed by atoms with Crippen LogP contribution in [0.1, 0.15) is 18.9 Å². The van der Waals surface area contributed by atoms with Crippen molar-refractivity contribution in [3.63, 3.8) is 0 Å². The molecule has 0 unspecified atom stereocenters. The highest BCUT2D eigenvalue weighted by molar-refractivity contribution is 5.09. The molecule has 0 radical (unpaired) electrons. The first-order valence-electron chi connectivity index (χ1n) is 3.86. The molecule has 2 nitrogen and oxygen atoms in total. The molecule has 0 aliphatic rings. The molecule has 0 bridgehead atoms. The highest BCUT2D eigenvalue weighted by Crippen LogP contribution is 2.02. The summed E-state index contributed by atoms with van der Waals surface area (Å²) in [6, 6.07) is 3.95. The Labute approximate surface area is 66.9 Å². The van der Waals surface area contributed by atoms with Gasteiger partial charge in [0.05, 0.1) is 6.10 Å². The normalized spacial score (nSPS) is 12.9. The van der Waals surface area contributed by atoms with E-state index in [9.17, 15) is 0 Å². The van der Waals surface area contributed by atoms with Crippen LogP contribution >= 0.6 is 0 Å². The Morgan fingerprint density at radius 1 is 1.45 bits per heavy atom. The molecule has 1 aromatic heterocycles. The molecule has 0 aliphatic heterocycles. The predicted molar refractivity (Wildman–Crippen MR) is 44.2 cm³/mol. The van der Waals surface area contributed by atoms with Crippen molar-refractivity contribution in [1.29, 1.82) is 0 Å². The third-order valence-corrected chi connectivity index (χ3v) is 1.60. The number of hydrogen-bond acceptors (Lipinski definition) is 2. The molecule has 0 saturated carbocycles. The van der Waals surface area contributed by atoms with Crippen molar-refractivity contribution in [2.45, 2.75) is 25.9 Å². The van der Waals surface area contributed by atoms with Crippen LogP contribution in [0.5, 0.6) is 0 Å². The van der Waals surface area contributed by atoms with Crippen LogP contribution in [-0.2, 0) is 6.42 Å². The van der Waals surface area contributed by atoms with Gasteiger partial charge in [-0.05, 0) is 37.5 Å². The summed E-state index contributed by atoms with van der Waals surface area (Å²) in [4.78, 5) is 3.91. The van der Waals surface area contributed by atoms with Crippen LogP contribution in [0.4, 0.5) is 0 Å². The molecule has 1 N–H and O–H groups in total. The molecule has 1 rings (SSSR count). The standard InChI is InChI=1S/C9H13NO/c1-8(11)2-3-9-4-6-10-7-5-9/h4-8,11H,2-3H2,1H3/t8-/m0/s1. The largest absolute Gasteiger partial charge is 0.393 e. The summed E-state index contributed by atoms with van der Waals surface area (Å²) in [5.41, 5.74) is 1.24. The molecule has 0 saturated heterocycles. The quantitative estimate of drug-likeness (QED) is 0.708. The first-order valence-corrected chi connectivity index (χ1v) is 3.86. The van der Waals surface area contributed by atoms with E-state index >= 15 is 0 Å². The minimum Gasteiger partial charge on any atom is -0.393 e. The second-order valence-electron chi connectivity index (χ2n) is 2.74. The summed E-state index contributed by atoms with van der Waals surface area (Å²) < 4.78 is 0. The van der Waals surface area contributed by atoms with Gasteiger partial charge in [-0.15, -0.1) is 0 Å². The molecule has 1 aromatic rings. The molecule has 0 spiro atoms. The summed E-state index contributed by atoms with van der Waals surface area (Å²) in [7, 11) is 0. The van der Waals surface area contributed by atoms with Crippen molar-refractivity contribution in [3.05, 3.63) is 30.1 Å². The maximum absolute atomic E-state index is 9.00. The number of aliphatic hydroxyl groups excluding tert-OH is 1. The molecule has 1 atom stereocenters. The Hall–Kier alpha value is -0.890. The van der Waals surface area contributed by atoms with E-state index in [1.807, 2.05) is 12.1 Å². The third kappa shape index (κ3) is 3.14. The van der Waals surface area contributed by atoms with Gasteiger partial charge in [0.1, 0.15) is 0 Å². The van der Waals surface area contributed by atoms with Gasteiger partial charge in [0.15, 0.2) is 0 Å². The van der Waals surface area contributed by atoms with Gasteiger partial charge in [-0.3, -0.25) is 4.98 Å². The Balaban J connectivity index is 2.39. The van der Waals surface area contributed by atoms with Crippen LogP contribution in [0, 0.1) is 0 Å². The molecule has 1 heterocycles. The van der Waals surface area contributed by atoms with E-state index in [1.54, 1.807) is 19.3 Å². The minimum atomic E-state index is -0.205. The summed E-state index contributed by atoms with van der Waals surface area (Å²) in [6.45, 7) is 1.81. The van der Waals surface area contributed by atoms with E-state index in [0.29, 0.717) is 0 Å². The first kappa shape index (κ1) is 8.21. The lowest BCUT2D eigenvalue weighted by atomic mass is 10.1. The zero-order valence-corrected chi connectivity index (χ0v) is 6.70. The SMILES string of the molecule is C[C@H](O)CCc1ccncc1. The molecule has 0 amide bonds. The van der Waals surface area contributed by atoms with E-state index in [0.717, 1.165) is 12.8 Å². The topological polar surface area (TPSA) is 33.1 Å². The van der Waals surface area contributed by atoms with E-state index in [1.165, 1.54) is 5.56 Å². The van der Waals surface area contributed by atoms with Crippen LogP contribution in [0.2, 0.25) is 0 Å². The van der Waals surface area contributed by atoms with Crippen molar-refractivity contribution >= 4 is 0 Å². The molecule has 0 fully saturated rings. The number of aromatic nitrogens is 1. The summed E-state index contributed by atoms with van der Waals surface area (Å²) in [5, 5.41) is 9.00. The monoisotopic (exact) mass is 151 g/mol. The highest BCUT2D eigenvalue weighted by atomic mass is 16.3. The average molecular weight is 151 g/mol. The van der Waals surface area contributed by atoms with Gasteiger partial charge in [-0.2, -0.15) is 0 Å². The zero-order valence-electron chi connectivity index (χ0n) is 6.70. The zero-order chi connectivity index (χ0) is 8.10. The fourth-order valence-electron chi connectivity index (χ4n) is 0.925. The third-order valence-electron chi connectivity index (χ3n) is 1.60. The summed E-state index contributed by atoms with van der Waals surface area (Å²) in [5.74, 6) is 0. The van der Waals surface area contributed by atoms with Crippen LogP contribution in [-0.4, -0.2) is 16.2 Å². The Morgan fingerprint density at radius 3 is 2.64 bits per heavy atom. The fourth-order valence-corrected chi connectivity index (χ4v) is 0.925. The molecule has 2 heteroatoms. The Kier molecular flexibility index (Phi) is 3.05. The van der Waals surface area contributed by atoms with Crippen LogP contribution in [0.3, 0.4) is 0 Å². The van der Waals surface area contributed by atoms with Gasteiger partial charge in [0, 0.05) is 12.4 Å². The van der Waals surface area contributed by atoms with Crippen molar-refractivity contribution in [2.75, 3.05) is 0 Å². The number of aliphatic hydroxyl groups is 1. The Morgan fingerprint density at radius 2 is 2.09 bits per heavy atom. The smallest absolute Gasteiger partial charge is 0.0515 e. The van der Waals surface area contributed by atoms with Crippen LogP contribution in [0.25, 0.3) is 0 Å². The van der Waals surface area contributed by atoms with Crippen LogP contribution in [0.15, 0.2) is 24.5 Å². The lowest BCUT2D eigenvalue weighted by molar-refractivity contribution is 0.185. The number of nitrogens with zero attached hydrogens (tertiary/aromatic N) is 1. The number of aryl methyl sites for hydroxylation is 1. The van der Waals surface area contributed by atoms with E-state index < -0.39 is 0 Å². The van der Waals surface area contributed by atoms with Crippen molar-refractivity contribution in [3.8, 4) is 0 Å². The van der Waals surface area contributed by atoms with Gasteiger partial charge in [-0.1, -0.05) is 0 Å². The number of hydrogen-bond donors (Lipinski definition) is 1. The number of rotatable bonds is 3. The molecular weight excluding hydrogens is 138 g/mol. The van der Waals surface area contributed by atoms with Crippen LogP contribution < -0.4 is 0 Å². The Bertz CT molecular complexity index is 196. The first-order chi connectivity index (χ1) is 5.29. The lowest BCUT2D eigenvalue weighted by Gasteiger charge is -2.02. The van der Waals surface area contributed by atoms with E-state index in [4.69, 9.17) is 5.11 Å². The molecular formula is C9H13NO. The second-order valence-corrected chi connectivity index (χ2v) is 2.74.